The van der Waals surface area contributed by atoms with Crippen molar-refractivity contribution in [3.8, 4) is 23.0 Å². The van der Waals surface area contributed by atoms with Gasteiger partial charge >= 0.3 is 0 Å². The number of ether oxygens (including phenoxy) is 4. The van der Waals surface area contributed by atoms with Crippen LogP contribution in [0.15, 0.2) is 60.9 Å². The van der Waals surface area contributed by atoms with E-state index >= 15 is 0 Å². The van der Waals surface area contributed by atoms with E-state index in [1.807, 2.05) is 60.4 Å². The van der Waals surface area contributed by atoms with Gasteiger partial charge in [0.25, 0.3) is 5.91 Å². The summed E-state index contributed by atoms with van der Waals surface area (Å²) in [5.74, 6) is 3.42. The number of nitrogens with one attached hydrogen (secondary N) is 1. The third kappa shape index (κ3) is 5.67. The molecule has 3 aromatic carbocycles. The van der Waals surface area contributed by atoms with Crippen molar-refractivity contribution in [3.05, 3.63) is 72.1 Å². The Morgan fingerprint density at radius 1 is 0.897 bits per heavy atom. The molecule has 1 N–H and O–H groups in total. The Morgan fingerprint density at radius 2 is 1.67 bits per heavy atom. The second-order valence-electron chi connectivity index (χ2n) is 9.39. The van der Waals surface area contributed by atoms with E-state index in [1.54, 1.807) is 27.4 Å². The highest BCUT2D eigenvalue weighted by Crippen LogP contribution is 2.35. The van der Waals surface area contributed by atoms with E-state index in [4.69, 9.17) is 18.9 Å². The fourth-order valence-electron chi connectivity index (χ4n) is 4.77. The lowest BCUT2D eigenvalue weighted by atomic mass is 10.1. The molecule has 0 radical (unpaired) electrons. The normalized spacial score (nSPS) is 13.7. The molecule has 0 bridgehead atoms. The summed E-state index contributed by atoms with van der Waals surface area (Å²) >= 11 is 0. The SMILES string of the molecule is COc1cccc(C(=O)N2CCC(Oc3ccc(Nc4ncnc5cc(OC)c(OC)cc45)cc3C)CC2)c1. The van der Waals surface area contributed by atoms with Crippen LogP contribution < -0.4 is 24.3 Å². The molecule has 0 atom stereocenters. The number of aromatic nitrogens is 2. The molecule has 5 rings (SSSR count). The molecule has 1 aromatic heterocycles. The molecule has 39 heavy (non-hydrogen) atoms. The summed E-state index contributed by atoms with van der Waals surface area (Å²) in [7, 11) is 4.80. The molecule has 0 aliphatic carbocycles. The van der Waals surface area contributed by atoms with Gasteiger partial charge < -0.3 is 29.2 Å². The molecule has 1 aliphatic rings. The quantitative estimate of drug-likeness (QED) is 0.325. The van der Waals surface area contributed by atoms with Crippen LogP contribution >= 0.6 is 0 Å². The molecule has 0 spiro atoms. The maximum atomic E-state index is 12.9. The van der Waals surface area contributed by atoms with E-state index in [0.29, 0.717) is 41.7 Å². The molecule has 9 nitrogen and oxygen atoms in total. The number of hydrogen-bond acceptors (Lipinski definition) is 8. The van der Waals surface area contributed by atoms with Gasteiger partial charge in [-0.2, -0.15) is 0 Å². The highest BCUT2D eigenvalue weighted by atomic mass is 16.5. The number of aryl methyl sites for hydroxylation is 1. The minimum Gasteiger partial charge on any atom is -0.497 e. The Bertz CT molecular complexity index is 1480. The van der Waals surface area contributed by atoms with Crippen LogP contribution in [0.1, 0.15) is 28.8 Å². The number of methoxy groups -OCH3 is 3. The summed E-state index contributed by atoms with van der Waals surface area (Å²) in [5, 5.41) is 4.22. The first kappa shape index (κ1) is 26.1. The number of rotatable bonds is 8. The van der Waals surface area contributed by atoms with Crippen LogP contribution in [-0.4, -0.2) is 61.3 Å². The zero-order valence-corrected chi connectivity index (χ0v) is 22.6. The van der Waals surface area contributed by atoms with Crippen molar-refractivity contribution in [1.29, 1.82) is 0 Å². The number of benzene rings is 3. The number of anilines is 2. The Kier molecular flexibility index (Phi) is 7.67. The Morgan fingerprint density at radius 3 is 2.38 bits per heavy atom. The molecule has 4 aromatic rings. The second kappa shape index (κ2) is 11.5. The van der Waals surface area contributed by atoms with Gasteiger partial charge in [0.1, 0.15) is 29.7 Å². The summed E-state index contributed by atoms with van der Waals surface area (Å²) in [6.45, 7) is 3.32. The molecule has 0 unspecified atom stereocenters. The van der Waals surface area contributed by atoms with Crippen molar-refractivity contribution in [3.63, 3.8) is 0 Å². The van der Waals surface area contributed by atoms with E-state index < -0.39 is 0 Å². The highest BCUT2D eigenvalue weighted by molar-refractivity contribution is 5.95. The third-order valence-electron chi connectivity index (χ3n) is 6.92. The average molecular weight is 529 g/mol. The van der Waals surface area contributed by atoms with Crippen molar-refractivity contribution in [2.24, 2.45) is 0 Å². The fraction of sp³-hybridized carbons (Fsp3) is 0.300. The molecule has 202 valence electrons. The van der Waals surface area contributed by atoms with E-state index in [9.17, 15) is 4.79 Å². The summed E-state index contributed by atoms with van der Waals surface area (Å²) in [6, 6.07) is 17.0. The average Bonchev–Trinajstić information content (AvgIpc) is 2.98. The van der Waals surface area contributed by atoms with Gasteiger partial charge in [-0.15, -0.1) is 0 Å². The fourth-order valence-corrected chi connectivity index (χ4v) is 4.77. The van der Waals surface area contributed by atoms with E-state index in [0.717, 1.165) is 40.7 Å². The number of amides is 1. The van der Waals surface area contributed by atoms with Crippen LogP contribution in [0.4, 0.5) is 11.5 Å². The monoisotopic (exact) mass is 528 g/mol. The second-order valence-corrected chi connectivity index (χ2v) is 9.39. The molecule has 2 heterocycles. The summed E-state index contributed by atoms with van der Waals surface area (Å²) < 4.78 is 22.5. The van der Waals surface area contributed by atoms with Gasteiger partial charge in [0.15, 0.2) is 11.5 Å². The Labute approximate surface area is 227 Å². The van der Waals surface area contributed by atoms with Gasteiger partial charge in [-0.25, -0.2) is 9.97 Å². The zero-order chi connectivity index (χ0) is 27.4. The van der Waals surface area contributed by atoms with Gasteiger partial charge in [-0.05, 0) is 55.0 Å². The molecule has 9 heteroatoms. The Balaban J connectivity index is 1.23. The number of carbonyl (C=O) groups excluding carboxylic acids is 1. The van der Waals surface area contributed by atoms with Crippen LogP contribution in [0.5, 0.6) is 23.0 Å². The Hall–Kier alpha value is -4.53. The van der Waals surface area contributed by atoms with Crippen molar-refractivity contribution in [2.45, 2.75) is 25.9 Å². The molecular formula is C30H32N4O5. The predicted octanol–water partition coefficient (Wildman–Crippen LogP) is 5.39. The molecular weight excluding hydrogens is 496 g/mol. The van der Waals surface area contributed by atoms with Gasteiger partial charge in [0, 0.05) is 48.6 Å². The van der Waals surface area contributed by atoms with Gasteiger partial charge in [-0.3, -0.25) is 4.79 Å². The van der Waals surface area contributed by atoms with E-state index in [2.05, 4.69) is 15.3 Å². The van der Waals surface area contributed by atoms with Crippen molar-refractivity contribution in [2.75, 3.05) is 39.7 Å². The third-order valence-corrected chi connectivity index (χ3v) is 6.92. The maximum Gasteiger partial charge on any atom is 0.253 e. The lowest BCUT2D eigenvalue weighted by Gasteiger charge is -2.32. The lowest BCUT2D eigenvalue weighted by Crippen LogP contribution is -2.41. The number of carbonyl (C=O) groups is 1. The van der Waals surface area contributed by atoms with Crippen LogP contribution in [0.2, 0.25) is 0 Å². The molecule has 1 saturated heterocycles. The first-order valence-corrected chi connectivity index (χ1v) is 12.8. The summed E-state index contributed by atoms with van der Waals surface area (Å²) in [5.41, 5.74) is 3.28. The maximum absolute atomic E-state index is 12.9. The first-order valence-electron chi connectivity index (χ1n) is 12.8. The predicted molar refractivity (Wildman–Crippen MR) is 150 cm³/mol. The van der Waals surface area contributed by atoms with Crippen LogP contribution in [0, 0.1) is 6.92 Å². The number of likely N-dealkylation sites (tertiary alicyclic amines) is 1. The number of piperidine rings is 1. The van der Waals surface area contributed by atoms with Crippen LogP contribution in [0.3, 0.4) is 0 Å². The molecule has 0 saturated carbocycles. The largest absolute Gasteiger partial charge is 0.497 e. The van der Waals surface area contributed by atoms with Crippen molar-refractivity contribution < 1.29 is 23.7 Å². The van der Waals surface area contributed by atoms with Crippen LogP contribution in [0.25, 0.3) is 10.9 Å². The minimum absolute atomic E-state index is 0.0206. The van der Waals surface area contributed by atoms with Crippen molar-refractivity contribution in [1.82, 2.24) is 14.9 Å². The molecule has 1 fully saturated rings. The van der Waals surface area contributed by atoms with Crippen LogP contribution in [-0.2, 0) is 0 Å². The van der Waals surface area contributed by atoms with E-state index in [-0.39, 0.29) is 12.0 Å². The van der Waals surface area contributed by atoms with Crippen molar-refractivity contribution >= 4 is 28.3 Å². The summed E-state index contributed by atoms with van der Waals surface area (Å²) in [6.07, 6.45) is 3.11. The molecule has 1 amide bonds. The summed E-state index contributed by atoms with van der Waals surface area (Å²) in [4.78, 5) is 23.6. The van der Waals surface area contributed by atoms with Gasteiger partial charge in [0.05, 0.1) is 26.8 Å². The smallest absolute Gasteiger partial charge is 0.253 e. The van der Waals surface area contributed by atoms with Gasteiger partial charge in [-0.1, -0.05) is 6.07 Å². The molecule has 1 aliphatic heterocycles. The minimum atomic E-state index is 0.0206. The van der Waals surface area contributed by atoms with E-state index in [1.165, 1.54) is 6.33 Å². The van der Waals surface area contributed by atoms with Gasteiger partial charge in [0.2, 0.25) is 0 Å². The number of nitrogens with zero attached hydrogens (tertiary/aromatic N) is 3. The highest BCUT2D eigenvalue weighted by Gasteiger charge is 2.25. The number of hydrogen-bond donors (Lipinski definition) is 1. The number of fused-ring (bicyclic) bond motifs is 1. The standard InChI is InChI=1S/C30H32N4O5/c1-19-14-21(33-29-24-16-27(37-3)28(38-4)17-25(24)31-18-32-29)8-9-26(19)39-22-10-12-34(13-11-22)30(35)20-6-5-7-23(15-20)36-2/h5-9,14-18,22H,10-13H2,1-4H3,(H,31,32,33). The lowest BCUT2D eigenvalue weighted by molar-refractivity contribution is 0.0594. The topological polar surface area (TPSA) is 95.0 Å². The first-order chi connectivity index (χ1) is 19.0. The zero-order valence-electron chi connectivity index (χ0n) is 22.6.